The maximum absolute atomic E-state index is 12.2. The van der Waals surface area contributed by atoms with Crippen LogP contribution in [0.4, 0.5) is 11.4 Å². The van der Waals surface area contributed by atoms with Crippen LogP contribution in [0.25, 0.3) is 0 Å². The molecule has 1 aliphatic rings. The van der Waals surface area contributed by atoms with Gasteiger partial charge >= 0.3 is 0 Å². The Labute approximate surface area is 127 Å². The van der Waals surface area contributed by atoms with Gasteiger partial charge in [-0.3, -0.25) is 4.79 Å². The lowest BCUT2D eigenvalue weighted by Crippen LogP contribution is -2.54. The summed E-state index contributed by atoms with van der Waals surface area (Å²) in [4.78, 5) is 14.3. The third-order valence-corrected chi connectivity index (χ3v) is 3.77. The molecule has 0 spiro atoms. The molecule has 1 fully saturated rings. The smallest absolute Gasteiger partial charge is 0.245 e. The molecule has 0 aliphatic carbocycles. The van der Waals surface area contributed by atoms with Gasteiger partial charge in [0.2, 0.25) is 5.91 Å². The number of nitrogen functional groups attached to an aromatic ring is 1. The Morgan fingerprint density at radius 2 is 2.40 bits per heavy atom. The molecule has 0 saturated carbocycles. The van der Waals surface area contributed by atoms with Crippen molar-refractivity contribution in [2.24, 2.45) is 0 Å². The van der Waals surface area contributed by atoms with Crippen molar-refractivity contribution in [1.29, 1.82) is 0 Å². The minimum absolute atomic E-state index is 0.00568. The Morgan fingerprint density at radius 3 is 3.10 bits per heavy atom. The number of nitrogens with two attached hydrogens (primary N) is 1. The Bertz CT molecular complexity index is 481. The van der Waals surface area contributed by atoms with Crippen molar-refractivity contribution in [2.45, 2.75) is 19.4 Å². The summed E-state index contributed by atoms with van der Waals surface area (Å²) in [7, 11) is 0. The van der Waals surface area contributed by atoms with Crippen LogP contribution in [-0.4, -0.2) is 38.3 Å². The third-order valence-electron chi connectivity index (χ3n) is 3.28. The molecule has 20 heavy (non-hydrogen) atoms. The average Bonchev–Trinajstić information content (AvgIpc) is 2.45. The van der Waals surface area contributed by atoms with Crippen molar-refractivity contribution in [3.63, 3.8) is 0 Å². The van der Waals surface area contributed by atoms with Crippen LogP contribution in [0.15, 0.2) is 22.7 Å². The predicted octanol–water partition coefficient (Wildman–Crippen LogP) is 1.76. The van der Waals surface area contributed by atoms with Crippen LogP contribution in [0, 0.1) is 0 Å². The number of hydrogen-bond acceptors (Lipinski definition) is 4. The van der Waals surface area contributed by atoms with Gasteiger partial charge in [-0.25, -0.2) is 0 Å². The van der Waals surface area contributed by atoms with Crippen LogP contribution in [0.2, 0.25) is 0 Å². The third kappa shape index (κ3) is 3.43. The van der Waals surface area contributed by atoms with E-state index in [0.29, 0.717) is 32.0 Å². The molecule has 5 nitrogen and oxygen atoms in total. The zero-order valence-corrected chi connectivity index (χ0v) is 13.1. The molecule has 1 saturated heterocycles. The molecule has 110 valence electrons. The first-order valence-corrected chi connectivity index (χ1v) is 7.60. The fourth-order valence-electron chi connectivity index (χ4n) is 2.26. The Balaban J connectivity index is 2.19. The van der Waals surface area contributed by atoms with Crippen LogP contribution in [-0.2, 0) is 9.53 Å². The highest BCUT2D eigenvalue weighted by Crippen LogP contribution is 2.29. The lowest BCUT2D eigenvalue weighted by Gasteiger charge is -2.37. The molecule has 1 unspecified atom stereocenters. The van der Waals surface area contributed by atoms with Crippen molar-refractivity contribution < 1.29 is 9.53 Å². The fraction of sp³-hybridized carbons (Fsp3) is 0.500. The van der Waals surface area contributed by atoms with Crippen LogP contribution >= 0.6 is 15.9 Å². The number of carbonyl (C=O) groups is 1. The van der Waals surface area contributed by atoms with Gasteiger partial charge in [-0.05, 0) is 24.6 Å². The quantitative estimate of drug-likeness (QED) is 0.819. The fourth-order valence-corrected chi connectivity index (χ4v) is 2.64. The number of amides is 1. The summed E-state index contributed by atoms with van der Waals surface area (Å²) in [5.74, 6) is -0.00568. The number of halogens is 1. The lowest BCUT2D eigenvalue weighted by atomic mass is 10.1. The maximum atomic E-state index is 12.2. The van der Waals surface area contributed by atoms with Gasteiger partial charge in [0.05, 0.1) is 24.6 Å². The second-order valence-electron chi connectivity index (χ2n) is 4.78. The van der Waals surface area contributed by atoms with E-state index < -0.39 is 0 Å². The van der Waals surface area contributed by atoms with E-state index in [9.17, 15) is 4.79 Å². The second kappa shape index (κ2) is 6.95. The first-order chi connectivity index (χ1) is 9.63. The number of anilines is 2. The van der Waals surface area contributed by atoms with Crippen LogP contribution in [0.3, 0.4) is 0 Å². The summed E-state index contributed by atoms with van der Waals surface area (Å²) in [5.41, 5.74) is 7.61. The van der Waals surface area contributed by atoms with Crippen molar-refractivity contribution in [3.8, 4) is 0 Å². The highest BCUT2D eigenvalue weighted by atomic mass is 79.9. The van der Waals surface area contributed by atoms with Crippen LogP contribution in [0.1, 0.15) is 13.3 Å². The molecule has 6 heteroatoms. The van der Waals surface area contributed by atoms with Gasteiger partial charge in [-0.15, -0.1) is 0 Å². The molecule has 3 N–H and O–H groups in total. The summed E-state index contributed by atoms with van der Waals surface area (Å²) in [6.45, 7) is 4.37. The summed E-state index contributed by atoms with van der Waals surface area (Å²) in [6, 6.07) is 5.40. The van der Waals surface area contributed by atoms with Gasteiger partial charge in [0.25, 0.3) is 0 Å². The highest BCUT2D eigenvalue weighted by molar-refractivity contribution is 9.10. The number of morpholine rings is 1. The first-order valence-electron chi connectivity index (χ1n) is 6.80. The zero-order chi connectivity index (χ0) is 14.5. The van der Waals surface area contributed by atoms with E-state index in [2.05, 4.69) is 21.2 Å². The Hall–Kier alpha value is -1.27. The van der Waals surface area contributed by atoms with Crippen molar-refractivity contribution >= 4 is 33.2 Å². The molecular formula is C14H20BrN3O2. The highest BCUT2D eigenvalue weighted by Gasteiger charge is 2.30. The molecular weight excluding hydrogens is 322 g/mol. The van der Waals surface area contributed by atoms with Crippen molar-refractivity contribution in [1.82, 2.24) is 5.32 Å². The van der Waals surface area contributed by atoms with Crippen LogP contribution in [0.5, 0.6) is 0 Å². The van der Waals surface area contributed by atoms with Gasteiger partial charge in [-0.1, -0.05) is 22.9 Å². The van der Waals surface area contributed by atoms with E-state index in [-0.39, 0.29) is 11.9 Å². The topological polar surface area (TPSA) is 67.6 Å². The minimum Gasteiger partial charge on any atom is -0.397 e. The molecule has 0 bridgehead atoms. The molecule has 0 radical (unpaired) electrons. The monoisotopic (exact) mass is 341 g/mol. The number of nitrogens with zero attached hydrogens (tertiary/aromatic N) is 1. The molecule has 1 atom stereocenters. The molecule has 1 aromatic rings. The summed E-state index contributed by atoms with van der Waals surface area (Å²) in [5, 5.41) is 2.92. The van der Waals surface area contributed by atoms with Gasteiger partial charge in [0, 0.05) is 17.6 Å². The van der Waals surface area contributed by atoms with E-state index in [1.54, 1.807) is 0 Å². The van der Waals surface area contributed by atoms with E-state index >= 15 is 0 Å². The Morgan fingerprint density at radius 1 is 1.60 bits per heavy atom. The number of benzene rings is 1. The number of carbonyl (C=O) groups excluding carboxylic acids is 1. The zero-order valence-electron chi connectivity index (χ0n) is 11.6. The Kier molecular flexibility index (Phi) is 5.25. The predicted molar refractivity (Wildman–Crippen MR) is 83.8 cm³/mol. The molecule has 1 heterocycles. The van der Waals surface area contributed by atoms with Gasteiger partial charge in [0.15, 0.2) is 0 Å². The lowest BCUT2D eigenvalue weighted by molar-refractivity contribution is -0.124. The molecule has 1 amide bonds. The minimum atomic E-state index is -0.321. The number of rotatable bonds is 4. The SMILES string of the molecule is CCCNC(=O)C1COCCN1c1ccc(Br)cc1N. The largest absolute Gasteiger partial charge is 0.397 e. The number of hydrogen-bond donors (Lipinski definition) is 2. The maximum Gasteiger partial charge on any atom is 0.245 e. The second-order valence-corrected chi connectivity index (χ2v) is 5.69. The van der Waals surface area contributed by atoms with E-state index in [1.807, 2.05) is 30.0 Å². The van der Waals surface area contributed by atoms with E-state index in [4.69, 9.17) is 10.5 Å². The summed E-state index contributed by atoms with van der Waals surface area (Å²) >= 11 is 3.40. The normalized spacial score (nSPS) is 18.9. The average molecular weight is 342 g/mol. The van der Waals surface area contributed by atoms with Crippen molar-refractivity contribution in [3.05, 3.63) is 22.7 Å². The van der Waals surface area contributed by atoms with Crippen LogP contribution < -0.4 is 16.0 Å². The van der Waals surface area contributed by atoms with E-state index in [0.717, 1.165) is 16.6 Å². The van der Waals surface area contributed by atoms with Gasteiger partial charge in [-0.2, -0.15) is 0 Å². The summed E-state index contributed by atoms with van der Waals surface area (Å²) < 4.78 is 6.38. The number of ether oxygens (including phenoxy) is 1. The summed E-state index contributed by atoms with van der Waals surface area (Å²) in [6.07, 6.45) is 0.916. The molecule has 1 aromatic carbocycles. The first kappa shape index (κ1) is 15.1. The molecule has 2 rings (SSSR count). The molecule has 0 aromatic heterocycles. The number of nitrogens with one attached hydrogen (secondary N) is 1. The van der Waals surface area contributed by atoms with Gasteiger partial charge < -0.3 is 20.7 Å². The molecule has 1 aliphatic heterocycles. The van der Waals surface area contributed by atoms with E-state index in [1.165, 1.54) is 0 Å². The van der Waals surface area contributed by atoms with Crippen molar-refractivity contribution in [2.75, 3.05) is 36.9 Å². The standard InChI is InChI=1S/C14H20BrN3O2/c1-2-5-17-14(19)13-9-20-7-6-18(13)12-4-3-10(15)8-11(12)16/h3-4,8,13H,2,5-7,9,16H2,1H3,(H,17,19). The van der Waals surface area contributed by atoms with Gasteiger partial charge in [0.1, 0.15) is 6.04 Å².